The summed E-state index contributed by atoms with van der Waals surface area (Å²) in [7, 11) is -4.08. The summed E-state index contributed by atoms with van der Waals surface area (Å²) in [5.41, 5.74) is 2.98. The van der Waals surface area contributed by atoms with Crippen LogP contribution in [-0.2, 0) is 26.2 Å². The summed E-state index contributed by atoms with van der Waals surface area (Å²) in [6.07, 6.45) is 0. The van der Waals surface area contributed by atoms with Crippen LogP contribution in [0.25, 0.3) is 0 Å². The quantitative estimate of drug-likeness (QED) is 0.403. The van der Waals surface area contributed by atoms with Crippen molar-refractivity contribution < 1.29 is 18.0 Å². The first-order valence-corrected chi connectivity index (χ1v) is 13.8. The minimum Gasteiger partial charge on any atom is -0.355 e. The van der Waals surface area contributed by atoms with Crippen molar-refractivity contribution in [2.45, 2.75) is 45.2 Å². The van der Waals surface area contributed by atoms with E-state index in [1.807, 2.05) is 19.9 Å². The Hall–Kier alpha value is -3.36. The average Bonchev–Trinajstić information content (AvgIpc) is 2.87. The number of amides is 2. The molecule has 3 aromatic carbocycles. The third-order valence-corrected chi connectivity index (χ3v) is 8.17. The Morgan fingerprint density at radius 2 is 1.65 bits per heavy atom. The van der Waals surface area contributed by atoms with Gasteiger partial charge in [0.1, 0.15) is 12.6 Å². The predicted octanol–water partition coefficient (Wildman–Crippen LogP) is 4.71. The lowest BCUT2D eigenvalue weighted by Crippen LogP contribution is -2.51. The molecule has 3 rings (SSSR count). The van der Waals surface area contributed by atoms with Crippen molar-refractivity contribution in [3.05, 3.63) is 94.5 Å². The van der Waals surface area contributed by atoms with E-state index in [1.54, 1.807) is 68.4 Å². The zero-order valence-electron chi connectivity index (χ0n) is 21.4. The van der Waals surface area contributed by atoms with Crippen molar-refractivity contribution in [1.82, 2.24) is 10.2 Å². The third kappa shape index (κ3) is 6.90. The third-order valence-electron chi connectivity index (χ3n) is 6.15. The number of hydrogen-bond acceptors (Lipinski definition) is 4. The summed E-state index contributed by atoms with van der Waals surface area (Å²) in [4.78, 5) is 28.0. The maximum absolute atomic E-state index is 13.8. The van der Waals surface area contributed by atoms with Crippen LogP contribution in [0, 0.1) is 13.8 Å². The fraction of sp³-hybridized carbons (Fsp3) is 0.286. The number of halogens is 1. The van der Waals surface area contributed by atoms with Gasteiger partial charge in [0.05, 0.1) is 10.6 Å². The number of likely N-dealkylation sites (N-methyl/N-ethyl adjacent to an activating group) is 1. The number of benzene rings is 3. The normalized spacial score (nSPS) is 12.0. The van der Waals surface area contributed by atoms with Crippen molar-refractivity contribution in [3.8, 4) is 0 Å². The van der Waals surface area contributed by atoms with E-state index in [1.165, 1.54) is 17.0 Å². The fourth-order valence-electron chi connectivity index (χ4n) is 3.87. The highest BCUT2D eigenvalue weighted by Crippen LogP contribution is 2.26. The number of nitrogens with zero attached hydrogens (tertiary/aromatic N) is 2. The van der Waals surface area contributed by atoms with Crippen LogP contribution in [-0.4, -0.2) is 44.3 Å². The lowest BCUT2D eigenvalue weighted by atomic mass is 10.1. The van der Waals surface area contributed by atoms with Crippen molar-refractivity contribution in [2.75, 3.05) is 17.4 Å². The van der Waals surface area contributed by atoms with Gasteiger partial charge in [0.2, 0.25) is 11.8 Å². The Morgan fingerprint density at radius 1 is 0.946 bits per heavy atom. The monoisotopic (exact) mass is 541 g/mol. The first-order valence-electron chi connectivity index (χ1n) is 12.0. The number of sulfonamides is 1. The number of carbonyl (C=O) groups is 2. The van der Waals surface area contributed by atoms with Gasteiger partial charge in [0.25, 0.3) is 10.0 Å². The van der Waals surface area contributed by atoms with E-state index in [4.69, 9.17) is 11.6 Å². The van der Waals surface area contributed by atoms with Crippen LogP contribution in [0.5, 0.6) is 0 Å². The number of hydrogen-bond donors (Lipinski definition) is 1. The largest absolute Gasteiger partial charge is 0.355 e. The minimum atomic E-state index is -4.08. The molecule has 196 valence electrons. The standard InChI is InChI=1S/C28H32ClN3O4S/c1-5-30-28(34)22(4)31(18-23-10-9-11-24(29)17-23)27(33)19-32(25-15-14-20(2)21(3)16-25)37(35,36)26-12-7-6-8-13-26/h6-17,22H,5,18-19H2,1-4H3,(H,30,34). The van der Waals surface area contributed by atoms with Crippen LogP contribution < -0.4 is 9.62 Å². The molecule has 0 fully saturated rings. The molecule has 7 nitrogen and oxygen atoms in total. The molecule has 0 heterocycles. The molecule has 0 spiro atoms. The Morgan fingerprint density at radius 3 is 2.27 bits per heavy atom. The Bertz CT molecular complexity index is 1360. The SMILES string of the molecule is CCNC(=O)C(C)N(Cc1cccc(Cl)c1)C(=O)CN(c1ccc(C)c(C)c1)S(=O)(=O)c1ccccc1. The molecule has 2 amide bonds. The van der Waals surface area contributed by atoms with Gasteiger partial charge in [0, 0.05) is 18.1 Å². The highest BCUT2D eigenvalue weighted by atomic mass is 35.5. The van der Waals surface area contributed by atoms with Crippen LogP contribution in [0.1, 0.15) is 30.5 Å². The van der Waals surface area contributed by atoms with E-state index in [2.05, 4.69) is 5.32 Å². The summed E-state index contributed by atoms with van der Waals surface area (Å²) in [6, 6.07) is 19.4. The van der Waals surface area contributed by atoms with Crippen LogP contribution in [0.4, 0.5) is 5.69 Å². The molecule has 1 N–H and O–H groups in total. The van der Waals surface area contributed by atoms with Crippen molar-refractivity contribution in [1.29, 1.82) is 0 Å². The summed E-state index contributed by atoms with van der Waals surface area (Å²) >= 11 is 6.15. The minimum absolute atomic E-state index is 0.0687. The van der Waals surface area contributed by atoms with Gasteiger partial charge in [-0.1, -0.05) is 48.0 Å². The molecule has 0 bridgehead atoms. The van der Waals surface area contributed by atoms with Crippen LogP contribution in [0.15, 0.2) is 77.7 Å². The summed E-state index contributed by atoms with van der Waals surface area (Å²) < 4.78 is 28.6. The van der Waals surface area contributed by atoms with Crippen LogP contribution in [0.2, 0.25) is 5.02 Å². The molecule has 1 unspecified atom stereocenters. The number of anilines is 1. The number of aryl methyl sites for hydroxylation is 2. The van der Waals surface area contributed by atoms with Crippen LogP contribution >= 0.6 is 11.6 Å². The average molecular weight is 542 g/mol. The van der Waals surface area contributed by atoms with E-state index >= 15 is 0 Å². The number of nitrogens with one attached hydrogen (secondary N) is 1. The molecular formula is C28H32ClN3O4S. The van der Waals surface area contributed by atoms with Gasteiger partial charge in [0.15, 0.2) is 0 Å². The smallest absolute Gasteiger partial charge is 0.264 e. The molecule has 1 atom stereocenters. The molecule has 0 radical (unpaired) electrons. The Labute approximate surface area is 224 Å². The maximum atomic E-state index is 13.8. The van der Waals surface area contributed by atoms with E-state index in [0.717, 1.165) is 21.0 Å². The van der Waals surface area contributed by atoms with Crippen molar-refractivity contribution in [2.24, 2.45) is 0 Å². The zero-order chi connectivity index (χ0) is 27.2. The first-order chi connectivity index (χ1) is 17.5. The van der Waals surface area contributed by atoms with Gasteiger partial charge in [-0.15, -0.1) is 0 Å². The number of carbonyl (C=O) groups excluding carboxylic acids is 2. The molecule has 9 heteroatoms. The number of rotatable bonds is 10. The van der Waals surface area contributed by atoms with Crippen molar-refractivity contribution in [3.63, 3.8) is 0 Å². The molecule has 37 heavy (non-hydrogen) atoms. The van der Waals surface area contributed by atoms with E-state index in [0.29, 0.717) is 17.3 Å². The summed E-state index contributed by atoms with van der Waals surface area (Å²) in [5.74, 6) is -0.849. The molecule has 0 saturated carbocycles. The topological polar surface area (TPSA) is 86.8 Å². The van der Waals surface area contributed by atoms with E-state index in [-0.39, 0.29) is 17.3 Å². The fourth-order valence-corrected chi connectivity index (χ4v) is 5.51. The van der Waals surface area contributed by atoms with Gasteiger partial charge in [-0.25, -0.2) is 8.42 Å². The van der Waals surface area contributed by atoms with Gasteiger partial charge in [-0.2, -0.15) is 0 Å². The second-order valence-electron chi connectivity index (χ2n) is 8.82. The van der Waals surface area contributed by atoms with Crippen LogP contribution in [0.3, 0.4) is 0 Å². The second-order valence-corrected chi connectivity index (χ2v) is 11.1. The zero-order valence-corrected chi connectivity index (χ0v) is 23.0. The lowest BCUT2D eigenvalue weighted by Gasteiger charge is -2.32. The molecule has 3 aromatic rings. The van der Waals surface area contributed by atoms with Crippen molar-refractivity contribution >= 4 is 39.1 Å². The molecule has 0 aliphatic carbocycles. The summed E-state index contributed by atoms with van der Waals surface area (Å²) in [6.45, 7) is 7.24. The Kier molecular flexibility index (Phi) is 9.34. The highest BCUT2D eigenvalue weighted by Gasteiger charge is 2.32. The van der Waals surface area contributed by atoms with Gasteiger partial charge >= 0.3 is 0 Å². The van der Waals surface area contributed by atoms with E-state index in [9.17, 15) is 18.0 Å². The first kappa shape index (κ1) is 28.2. The lowest BCUT2D eigenvalue weighted by molar-refractivity contribution is -0.139. The molecular weight excluding hydrogens is 510 g/mol. The second kappa shape index (κ2) is 12.3. The van der Waals surface area contributed by atoms with Gasteiger partial charge in [-0.3, -0.25) is 13.9 Å². The molecule has 0 aromatic heterocycles. The maximum Gasteiger partial charge on any atom is 0.264 e. The van der Waals surface area contributed by atoms with Gasteiger partial charge in [-0.05, 0) is 80.8 Å². The molecule has 0 saturated heterocycles. The van der Waals surface area contributed by atoms with E-state index < -0.39 is 28.5 Å². The van der Waals surface area contributed by atoms with Gasteiger partial charge < -0.3 is 10.2 Å². The predicted molar refractivity (Wildman–Crippen MR) is 147 cm³/mol. The molecule has 0 aliphatic rings. The molecule has 0 aliphatic heterocycles. The highest BCUT2D eigenvalue weighted by molar-refractivity contribution is 7.92. The Balaban J connectivity index is 2.04. The summed E-state index contributed by atoms with van der Waals surface area (Å²) in [5, 5.41) is 3.24.